The minimum Gasteiger partial charge on any atom is -0.456 e. The van der Waals surface area contributed by atoms with Crippen molar-refractivity contribution >= 4 is 52.2 Å². The quantitative estimate of drug-likeness (QED) is 0.234. The highest BCUT2D eigenvalue weighted by Gasteiger charge is 2.48. The van der Waals surface area contributed by atoms with Gasteiger partial charge in [0.25, 0.3) is 0 Å². The lowest BCUT2D eigenvalue weighted by Gasteiger charge is -2.41. The first-order valence-electron chi connectivity index (χ1n) is 11.7. The van der Waals surface area contributed by atoms with Crippen LogP contribution in [-0.2, 0) is 39.8 Å². The molecule has 1 fully saturated rings. The van der Waals surface area contributed by atoms with Gasteiger partial charge < -0.3 is 23.5 Å². The van der Waals surface area contributed by atoms with Gasteiger partial charge >= 0.3 is 17.9 Å². The fourth-order valence-corrected chi connectivity index (χ4v) is 5.32. The second-order valence-corrected chi connectivity index (χ2v) is 10.0. The molecule has 1 aromatic heterocycles. The largest absolute Gasteiger partial charge is 0.456 e. The summed E-state index contributed by atoms with van der Waals surface area (Å²) in [5.41, 5.74) is 2.82. The molecule has 0 N–H and O–H groups in total. The van der Waals surface area contributed by atoms with E-state index in [1.807, 2.05) is 35.2 Å². The molecule has 10 heteroatoms. The Morgan fingerprint density at radius 3 is 2.24 bits per heavy atom. The molecule has 37 heavy (non-hydrogen) atoms. The molecule has 2 aromatic carbocycles. The van der Waals surface area contributed by atoms with Gasteiger partial charge in [-0.25, -0.2) is 0 Å². The number of benzene rings is 2. The normalized spacial score (nSPS) is 21.4. The van der Waals surface area contributed by atoms with Crippen molar-refractivity contribution < 1.29 is 33.3 Å². The molecule has 0 amide bonds. The number of carbonyl (C=O) groups excluding carboxylic acids is 3. The lowest BCUT2D eigenvalue weighted by molar-refractivity contribution is -0.239. The summed E-state index contributed by atoms with van der Waals surface area (Å²) >= 11 is 8.33. The molecule has 4 rings (SSSR count). The first-order valence-corrected chi connectivity index (χ1v) is 13.3. The van der Waals surface area contributed by atoms with Crippen molar-refractivity contribution in [3.8, 4) is 0 Å². The van der Waals surface area contributed by atoms with Crippen molar-refractivity contribution in [1.82, 2.24) is 4.57 Å². The van der Waals surface area contributed by atoms with E-state index in [0.717, 1.165) is 22.0 Å². The average molecular weight is 546 g/mol. The van der Waals surface area contributed by atoms with E-state index in [1.54, 1.807) is 11.8 Å². The van der Waals surface area contributed by atoms with Crippen LogP contribution in [0.3, 0.4) is 0 Å². The lowest BCUT2D eigenvalue weighted by Crippen LogP contribution is -2.55. The number of carbonyl (C=O) groups is 3. The van der Waals surface area contributed by atoms with Crippen molar-refractivity contribution in [2.45, 2.75) is 56.6 Å². The third-order valence-corrected chi connectivity index (χ3v) is 7.10. The van der Waals surface area contributed by atoms with Crippen LogP contribution in [0.4, 0.5) is 0 Å². The first kappa shape index (κ1) is 27.0. The summed E-state index contributed by atoms with van der Waals surface area (Å²) in [6.45, 7) is 3.68. The minimum absolute atomic E-state index is 0.0638. The summed E-state index contributed by atoms with van der Waals surface area (Å²) in [4.78, 5) is 36.9. The predicted molar refractivity (Wildman–Crippen MR) is 140 cm³/mol. The van der Waals surface area contributed by atoms with E-state index < -0.39 is 42.4 Å². The van der Waals surface area contributed by atoms with Crippen LogP contribution in [0.15, 0.2) is 53.6 Å². The molecular weight excluding hydrogens is 518 g/mol. The van der Waals surface area contributed by atoms with E-state index in [4.69, 9.17) is 30.5 Å². The van der Waals surface area contributed by atoms with Crippen LogP contribution in [0.1, 0.15) is 38.1 Å². The number of ether oxygens (including phenoxy) is 4. The van der Waals surface area contributed by atoms with Crippen molar-refractivity contribution in [3.63, 3.8) is 0 Å². The molecule has 1 aliphatic heterocycles. The lowest BCUT2D eigenvalue weighted by atomic mass is 10.0. The molecule has 0 aliphatic carbocycles. The Bertz CT molecular complexity index is 1310. The molecule has 0 bridgehead atoms. The maximum Gasteiger partial charge on any atom is 0.303 e. The van der Waals surface area contributed by atoms with Gasteiger partial charge in [-0.05, 0) is 48.1 Å². The van der Waals surface area contributed by atoms with Crippen LogP contribution in [0.2, 0.25) is 5.02 Å². The zero-order valence-electron chi connectivity index (χ0n) is 20.9. The third kappa shape index (κ3) is 6.11. The number of fused-ring (bicyclic) bond motifs is 1. The second kappa shape index (κ2) is 11.6. The number of hydrogen-bond acceptors (Lipinski definition) is 8. The highest BCUT2D eigenvalue weighted by atomic mass is 35.5. The number of nitrogens with zero attached hydrogens (tertiary/aromatic N) is 1. The highest BCUT2D eigenvalue weighted by molar-refractivity contribution is 7.98. The number of esters is 3. The Morgan fingerprint density at radius 1 is 0.973 bits per heavy atom. The van der Waals surface area contributed by atoms with Gasteiger partial charge in [-0.15, -0.1) is 11.8 Å². The van der Waals surface area contributed by atoms with Crippen molar-refractivity contribution in [1.29, 1.82) is 0 Å². The van der Waals surface area contributed by atoms with Gasteiger partial charge in [-0.3, -0.25) is 14.4 Å². The number of hydrogen-bond donors (Lipinski definition) is 0. The summed E-state index contributed by atoms with van der Waals surface area (Å²) in [5.74, 6) is -1.77. The van der Waals surface area contributed by atoms with Gasteiger partial charge in [0.2, 0.25) is 0 Å². The van der Waals surface area contributed by atoms with Gasteiger partial charge in [0, 0.05) is 37.2 Å². The number of aromatic nitrogens is 1. The standard InChI is InChI=1S/C27H28ClNO7S/c1-15(30)34-23-14-33-27(26(36-17(3)32)25(23)35-16(2)31)29-13-19(24-21(28)6-5-7-22(24)29)12-18-8-10-20(37-4)11-9-18/h5-11,13,23,25-27H,12,14H2,1-4H3/t23-,25+,26-,27-/m1/s1. The van der Waals surface area contributed by atoms with E-state index >= 15 is 0 Å². The maximum absolute atomic E-state index is 12.1. The van der Waals surface area contributed by atoms with Gasteiger partial charge in [-0.2, -0.15) is 0 Å². The van der Waals surface area contributed by atoms with Crippen LogP contribution in [-0.4, -0.2) is 53.6 Å². The van der Waals surface area contributed by atoms with Crippen molar-refractivity contribution in [2.75, 3.05) is 12.9 Å². The average Bonchev–Trinajstić information content (AvgIpc) is 3.20. The van der Waals surface area contributed by atoms with Crippen LogP contribution in [0.25, 0.3) is 10.9 Å². The highest BCUT2D eigenvalue weighted by Crippen LogP contribution is 2.37. The Morgan fingerprint density at radius 2 is 1.62 bits per heavy atom. The van der Waals surface area contributed by atoms with E-state index in [9.17, 15) is 14.4 Å². The van der Waals surface area contributed by atoms with E-state index in [0.29, 0.717) is 11.4 Å². The number of rotatable bonds is 7. The van der Waals surface area contributed by atoms with Crippen LogP contribution in [0.5, 0.6) is 0 Å². The zero-order chi connectivity index (χ0) is 26.7. The number of halogens is 1. The second-order valence-electron chi connectivity index (χ2n) is 8.74. The topological polar surface area (TPSA) is 93.1 Å². The molecule has 3 aromatic rings. The fourth-order valence-electron chi connectivity index (χ4n) is 4.62. The SMILES string of the molecule is CSc1ccc(Cc2cn([C@@H]3OC[C@@H](OC(C)=O)[C@H](OC(C)=O)[C@H]3OC(C)=O)c3cccc(Cl)c23)cc1. The fraction of sp³-hybridized carbons (Fsp3) is 0.370. The molecule has 0 unspecified atom stereocenters. The molecule has 0 spiro atoms. The summed E-state index contributed by atoms with van der Waals surface area (Å²) in [6, 6.07) is 13.8. The predicted octanol–water partition coefficient (Wildman–Crippen LogP) is 4.93. The van der Waals surface area contributed by atoms with Gasteiger partial charge in [0.1, 0.15) is 0 Å². The van der Waals surface area contributed by atoms with Gasteiger partial charge in [-0.1, -0.05) is 29.8 Å². The molecule has 0 radical (unpaired) electrons. The van der Waals surface area contributed by atoms with E-state index in [1.165, 1.54) is 25.7 Å². The number of thioether (sulfide) groups is 1. The van der Waals surface area contributed by atoms with Gasteiger partial charge in [0.15, 0.2) is 24.5 Å². The monoisotopic (exact) mass is 545 g/mol. The Hall–Kier alpha value is -3.01. The maximum atomic E-state index is 12.1. The van der Waals surface area contributed by atoms with E-state index in [-0.39, 0.29) is 6.61 Å². The summed E-state index contributed by atoms with van der Waals surface area (Å²) < 4.78 is 24.4. The summed E-state index contributed by atoms with van der Waals surface area (Å²) in [7, 11) is 0. The molecule has 0 saturated carbocycles. The van der Waals surface area contributed by atoms with Crippen molar-refractivity contribution in [2.24, 2.45) is 0 Å². The van der Waals surface area contributed by atoms with Crippen LogP contribution >= 0.6 is 23.4 Å². The summed E-state index contributed by atoms with van der Waals surface area (Å²) in [6.07, 6.45) is 0.593. The van der Waals surface area contributed by atoms with Crippen LogP contribution in [0, 0.1) is 0 Å². The Kier molecular flexibility index (Phi) is 8.46. The molecular formula is C27H28ClNO7S. The molecule has 2 heterocycles. The van der Waals surface area contributed by atoms with Crippen LogP contribution < -0.4 is 0 Å². The minimum atomic E-state index is -1.08. The smallest absolute Gasteiger partial charge is 0.303 e. The third-order valence-electron chi connectivity index (χ3n) is 6.04. The molecule has 196 valence electrons. The molecule has 1 saturated heterocycles. The van der Waals surface area contributed by atoms with Crippen molar-refractivity contribution in [3.05, 3.63) is 64.8 Å². The summed E-state index contributed by atoms with van der Waals surface area (Å²) in [5, 5.41) is 1.41. The Labute approximate surface area is 224 Å². The molecule has 1 aliphatic rings. The van der Waals surface area contributed by atoms with E-state index in [2.05, 4.69) is 24.3 Å². The first-order chi connectivity index (χ1) is 17.7. The zero-order valence-corrected chi connectivity index (χ0v) is 22.5. The van der Waals surface area contributed by atoms with Gasteiger partial charge in [0.05, 0.1) is 17.1 Å². The molecule has 4 atom stereocenters. The Balaban J connectivity index is 1.78. The molecule has 8 nitrogen and oxygen atoms in total.